The smallest absolute Gasteiger partial charge is 0.205 e. The second kappa shape index (κ2) is 8.80. The van der Waals surface area contributed by atoms with E-state index < -0.39 is 0 Å². The number of aromatic nitrogens is 1. The van der Waals surface area contributed by atoms with E-state index in [0.29, 0.717) is 0 Å². The summed E-state index contributed by atoms with van der Waals surface area (Å²) in [4.78, 5) is 0. The molecule has 0 amide bonds. The molecule has 4 heteroatoms. The lowest BCUT2D eigenvalue weighted by atomic mass is 10.2. The van der Waals surface area contributed by atoms with Gasteiger partial charge in [-0.3, -0.25) is 0 Å². The Bertz CT molecular complexity index is 580. The third-order valence-corrected chi connectivity index (χ3v) is 5.43. The molecule has 0 unspecified atom stereocenters. The molecule has 1 aromatic carbocycles. The van der Waals surface area contributed by atoms with Gasteiger partial charge in [0.25, 0.3) is 0 Å². The summed E-state index contributed by atoms with van der Waals surface area (Å²) in [6, 6.07) is 14.2. The van der Waals surface area contributed by atoms with Crippen LogP contribution in [0.4, 0.5) is 5.69 Å². The van der Waals surface area contributed by atoms with E-state index >= 15 is 0 Å². The molecule has 0 aliphatic carbocycles. The van der Waals surface area contributed by atoms with Crippen LogP contribution in [0.5, 0.6) is 0 Å². The third-order valence-electron chi connectivity index (χ3n) is 2.98. The average molecular weight is 318 g/mol. The first kappa shape index (κ1) is 16.0. The predicted molar refractivity (Wildman–Crippen MR) is 97.0 cm³/mol. The van der Waals surface area contributed by atoms with Crippen LogP contribution in [0.15, 0.2) is 48.7 Å². The summed E-state index contributed by atoms with van der Waals surface area (Å²) in [5.74, 6) is 2.28. The van der Waals surface area contributed by atoms with E-state index in [1.807, 2.05) is 45.9 Å². The van der Waals surface area contributed by atoms with Crippen molar-refractivity contribution >= 4 is 39.4 Å². The number of nitrogen functional groups attached to an aromatic ring is 1. The van der Waals surface area contributed by atoms with E-state index in [2.05, 4.69) is 48.0 Å². The molecule has 1 heterocycles. The van der Waals surface area contributed by atoms with E-state index in [4.69, 9.17) is 5.73 Å². The Morgan fingerprint density at radius 1 is 1.05 bits per heavy atom. The van der Waals surface area contributed by atoms with Gasteiger partial charge in [-0.05, 0) is 29.8 Å². The Labute approximate surface area is 134 Å². The van der Waals surface area contributed by atoms with Gasteiger partial charge < -0.3 is 5.73 Å². The summed E-state index contributed by atoms with van der Waals surface area (Å²) < 4.78 is 2.29. The van der Waals surface area contributed by atoms with Gasteiger partial charge in [-0.25, -0.2) is 0 Å². The van der Waals surface area contributed by atoms with E-state index in [9.17, 15) is 0 Å². The van der Waals surface area contributed by atoms with Crippen LogP contribution < -0.4 is 10.3 Å². The third kappa shape index (κ3) is 5.48. The lowest BCUT2D eigenvalue weighted by Crippen LogP contribution is -2.37. The van der Waals surface area contributed by atoms with Crippen molar-refractivity contribution < 1.29 is 4.57 Å². The summed E-state index contributed by atoms with van der Waals surface area (Å²) in [7, 11) is 3.85. The molecule has 0 saturated carbocycles. The van der Waals surface area contributed by atoms with Gasteiger partial charge in [-0.2, -0.15) is 4.57 Å². The van der Waals surface area contributed by atoms with E-state index in [1.54, 1.807) is 0 Å². The molecule has 0 atom stereocenters. The Kier molecular flexibility index (Phi) is 6.70. The first-order valence-electron chi connectivity index (χ1n) is 7.06. The van der Waals surface area contributed by atoms with Gasteiger partial charge in [0.2, 0.25) is 5.69 Å². The first-order chi connectivity index (χ1) is 10.3. The molecule has 0 fully saturated rings. The fourth-order valence-corrected chi connectivity index (χ4v) is 3.54. The molecule has 0 saturated heterocycles. The number of hydrogen-bond donors (Lipinski definition) is 1. The molecule has 2 N–H and O–H groups in total. The monoisotopic (exact) mass is 317 g/mol. The minimum Gasteiger partial charge on any atom is -0.399 e. The second-order valence-electron chi connectivity index (χ2n) is 4.55. The number of benzene rings is 1. The van der Waals surface area contributed by atoms with E-state index in [1.165, 1.54) is 5.69 Å². The van der Waals surface area contributed by atoms with Gasteiger partial charge in [0, 0.05) is 29.6 Å². The molecular weight excluding hydrogens is 296 g/mol. The lowest BCUT2D eigenvalue weighted by Gasteiger charge is -2.00. The minimum absolute atomic E-state index is 0.798. The highest BCUT2D eigenvalue weighted by atomic mass is 33.1. The Morgan fingerprint density at radius 2 is 1.86 bits per heavy atom. The number of rotatable bonds is 7. The van der Waals surface area contributed by atoms with Gasteiger partial charge in [-0.15, -0.1) is 0 Å². The number of aryl methyl sites for hydroxylation is 1. The maximum atomic E-state index is 5.71. The summed E-state index contributed by atoms with van der Waals surface area (Å²) >= 11 is 0. The zero-order valence-corrected chi connectivity index (χ0v) is 13.9. The summed E-state index contributed by atoms with van der Waals surface area (Å²) in [5.41, 5.74) is 8.88. The topological polar surface area (TPSA) is 29.9 Å². The fraction of sp³-hybridized carbons (Fsp3) is 0.235. The normalized spacial score (nSPS) is 11.1. The van der Waals surface area contributed by atoms with Crippen molar-refractivity contribution in [2.45, 2.75) is 13.5 Å². The number of anilines is 1. The number of nitrogens with zero attached hydrogens (tertiary/aromatic N) is 1. The zero-order valence-electron chi connectivity index (χ0n) is 12.2. The quantitative estimate of drug-likeness (QED) is 0.360. The minimum atomic E-state index is 0.798. The standard InChI is InChI=1S/C17H20N2S2/c1-2-20-21-14-13-19-12-4-3-5-17(19)11-8-15-6-9-16(18)10-7-15/h3-12,18H,2,13-14H2,1H3/p+1. The molecule has 2 rings (SSSR count). The fourth-order valence-electron chi connectivity index (χ4n) is 1.91. The van der Waals surface area contributed by atoms with Crippen molar-refractivity contribution in [1.29, 1.82) is 0 Å². The van der Waals surface area contributed by atoms with Crippen LogP contribution in [-0.4, -0.2) is 11.5 Å². The second-order valence-corrected chi connectivity index (χ2v) is 7.42. The number of pyridine rings is 1. The van der Waals surface area contributed by atoms with Gasteiger partial charge in [0.1, 0.15) is 0 Å². The lowest BCUT2D eigenvalue weighted by molar-refractivity contribution is -0.694. The largest absolute Gasteiger partial charge is 0.399 e. The first-order valence-corrected chi connectivity index (χ1v) is 9.55. The van der Waals surface area contributed by atoms with Crippen LogP contribution in [0.3, 0.4) is 0 Å². The molecule has 110 valence electrons. The Morgan fingerprint density at radius 3 is 2.62 bits per heavy atom. The molecule has 0 spiro atoms. The summed E-state index contributed by atoms with van der Waals surface area (Å²) in [6.07, 6.45) is 6.42. The molecule has 21 heavy (non-hydrogen) atoms. The molecule has 2 aromatic rings. The summed E-state index contributed by atoms with van der Waals surface area (Å²) in [6.45, 7) is 3.22. The summed E-state index contributed by atoms with van der Waals surface area (Å²) in [5, 5.41) is 0. The maximum Gasteiger partial charge on any atom is 0.205 e. The van der Waals surface area contributed by atoms with Gasteiger partial charge in [0.15, 0.2) is 12.7 Å². The van der Waals surface area contributed by atoms with Crippen LogP contribution >= 0.6 is 21.6 Å². The zero-order chi connectivity index (χ0) is 14.9. The van der Waals surface area contributed by atoms with Gasteiger partial charge in [-0.1, -0.05) is 40.6 Å². The van der Waals surface area contributed by atoms with Gasteiger partial charge >= 0.3 is 0 Å². The molecule has 0 bridgehead atoms. The van der Waals surface area contributed by atoms with Gasteiger partial charge in [0.05, 0.1) is 5.75 Å². The Hall–Kier alpha value is -1.39. The highest BCUT2D eigenvalue weighted by molar-refractivity contribution is 8.76. The maximum absolute atomic E-state index is 5.71. The van der Waals surface area contributed by atoms with Crippen molar-refractivity contribution in [1.82, 2.24) is 0 Å². The van der Waals surface area contributed by atoms with Crippen LogP contribution in [0.1, 0.15) is 18.2 Å². The average Bonchev–Trinajstić information content (AvgIpc) is 2.52. The van der Waals surface area contributed by atoms with Crippen molar-refractivity contribution in [2.75, 3.05) is 17.2 Å². The molecule has 1 aromatic heterocycles. The number of hydrogen-bond acceptors (Lipinski definition) is 3. The van der Waals surface area contributed by atoms with Crippen LogP contribution in [0.25, 0.3) is 12.2 Å². The highest BCUT2D eigenvalue weighted by Crippen LogP contribution is 2.19. The van der Waals surface area contributed by atoms with Crippen molar-refractivity contribution in [3.8, 4) is 0 Å². The van der Waals surface area contributed by atoms with Crippen LogP contribution in [-0.2, 0) is 6.54 Å². The highest BCUT2D eigenvalue weighted by Gasteiger charge is 2.05. The van der Waals surface area contributed by atoms with E-state index in [-0.39, 0.29) is 0 Å². The van der Waals surface area contributed by atoms with Crippen molar-refractivity contribution in [2.24, 2.45) is 0 Å². The Balaban J connectivity index is 2.03. The van der Waals surface area contributed by atoms with E-state index in [0.717, 1.165) is 29.3 Å². The molecular formula is C17H21N2S2+. The molecule has 0 aliphatic heterocycles. The SMILES string of the molecule is CCSSCC[n+]1ccccc1/C=C/c1ccc(N)cc1. The number of nitrogens with two attached hydrogens (primary N) is 1. The molecule has 2 nitrogen and oxygen atoms in total. The van der Waals surface area contributed by atoms with Crippen LogP contribution in [0, 0.1) is 0 Å². The molecule has 0 radical (unpaired) electrons. The van der Waals surface area contributed by atoms with Crippen molar-refractivity contribution in [3.63, 3.8) is 0 Å². The van der Waals surface area contributed by atoms with Crippen molar-refractivity contribution in [3.05, 3.63) is 59.9 Å². The predicted octanol–water partition coefficient (Wildman–Crippen LogP) is 4.13. The molecule has 0 aliphatic rings. The van der Waals surface area contributed by atoms with Crippen LogP contribution in [0.2, 0.25) is 0 Å².